The maximum Gasteiger partial charge on any atom is 0.155 e. The van der Waals surface area contributed by atoms with E-state index >= 15 is 0 Å². The van der Waals surface area contributed by atoms with Crippen LogP contribution in [-0.2, 0) is 0 Å². The number of hydrogen-bond acceptors (Lipinski definition) is 2. The van der Waals surface area contributed by atoms with Crippen LogP contribution in [0.15, 0.2) is 188 Å². The van der Waals surface area contributed by atoms with Crippen LogP contribution in [0.2, 0.25) is 5.54 Å². The topological polar surface area (TPSA) is 0 Å². The lowest BCUT2D eigenvalue weighted by Crippen LogP contribution is -2.70. The number of fused-ring (bicyclic) bond motifs is 6. The Kier molecular flexibility index (Phi) is 7.68. The average Bonchev–Trinajstić information content (AvgIpc) is 3.79. The smallest absolute Gasteiger partial charge is 0.135 e. The third kappa shape index (κ3) is 4.92. The van der Waals surface area contributed by atoms with Gasteiger partial charge in [0.25, 0.3) is 0 Å². The first kappa shape index (κ1) is 31.4. The lowest BCUT2D eigenvalue weighted by Gasteiger charge is -2.43. The van der Waals surface area contributed by atoms with E-state index in [1.54, 1.807) is 0 Å². The Hall–Kier alpha value is -5.32. The molecule has 10 rings (SSSR count). The molecule has 0 spiro atoms. The lowest BCUT2D eigenvalue weighted by atomic mass is 9.93. The van der Waals surface area contributed by atoms with Gasteiger partial charge in [-0.25, -0.2) is 0 Å². The summed E-state index contributed by atoms with van der Waals surface area (Å²) in [6.07, 6.45) is 7.55. The number of allylic oxidation sites excluding steroid dienone is 4. The van der Waals surface area contributed by atoms with Gasteiger partial charge >= 0.3 is 0 Å². The Labute approximate surface area is 313 Å². The second-order valence-electron chi connectivity index (χ2n) is 14.0. The lowest BCUT2D eigenvalue weighted by molar-refractivity contribution is 0.723. The molecule has 9 aromatic rings. The zero-order chi connectivity index (χ0) is 34.6. The summed E-state index contributed by atoms with van der Waals surface area (Å²) in [6.45, 7) is 2.43. The molecule has 7 aromatic carbocycles. The molecule has 0 aliphatic heterocycles. The van der Waals surface area contributed by atoms with E-state index in [0.29, 0.717) is 5.92 Å². The SMILES string of the molecule is CC1C=CC(c2cccc3c2sc2ccccc23)=CC1[Si](c1ccccc1)(c1ccccc1)c1cccc(-c2cccc3c2sc2ccccc23)c1. The summed E-state index contributed by atoms with van der Waals surface area (Å²) in [5.41, 5.74) is 5.54. The highest BCUT2D eigenvalue weighted by Crippen LogP contribution is 2.44. The fraction of sp³-hybridized carbons (Fsp3) is 0.0612. The van der Waals surface area contributed by atoms with Gasteiger partial charge in [0.2, 0.25) is 0 Å². The van der Waals surface area contributed by atoms with Crippen LogP contribution in [0, 0.1) is 5.92 Å². The highest BCUT2D eigenvalue weighted by molar-refractivity contribution is 7.26. The largest absolute Gasteiger partial charge is 0.155 e. The third-order valence-electron chi connectivity index (χ3n) is 11.2. The number of rotatable bonds is 6. The zero-order valence-corrected chi connectivity index (χ0v) is 31.5. The van der Waals surface area contributed by atoms with Crippen molar-refractivity contribution in [2.24, 2.45) is 5.92 Å². The first-order valence-electron chi connectivity index (χ1n) is 18.1. The van der Waals surface area contributed by atoms with Gasteiger partial charge in [-0.05, 0) is 61.4 Å². The summed E-state index contributed by atoms with van der Waals surface area (Å²) in [6, 6.07) is 63.9. The molecular weight excluding hydrogens is 681 g/mol. The molecule has 2 heterocycles. The summed E-state index contributed by atoms with van der Waals surface area (Å²) in [4.78, 5) is 0. The van der Waals surface area contributed by atoms with Crippen molar-refractivity contribution in [3.05, 3.63) is 194 Å². The molecular formula is C49H36S2Si. The van der Waals surface area contributed by atoms with Crippen molar-refractivity contribution in [2.45, 2.75) is 12.5 Å². The maximum atomic E-state index is 2.66. The molecule has 1 aliphatic rings. The van der Waals surface area contributed by atoms with Gasteiger partial charge in [0.05, 0.1) is 0 Å². The fourth-order valence-corrected chi connectivity index (χ4v) is 17.0. The second-order valence-corrected chi connectivity index (χ2v) is 20.2. The van der Waals surface area contributed by atoms with Crippen LogP contribution in [-0.4, -0.2) is 8.07 Å². The molecule has 52 heavy (non-hydrogen) atoms. The average molecular weight is 717 g/mol. The van der Waals surface area contributed by atoms with Crippen molar-refractivity contribution in [1.82, 2.24) is 0 Å². The number of hydrogen-bond donors (Lipinski definition) is 0. The molecule has 0 radical (unpaired) electrons. The Morgan fingerprint density at radius 1 is 0.462 bits per heavy atom. The van der Waals surface area contributed by atoms with Crippen molar-refractivity contribution in [3.8, 4) is 11.1 Å². The second kappa shape index (κ2) is 12.7. The summed E-state index contributed by atoms with van der Waals surface area (Å²) in [5.74, 6) is 0.340. The molecule has 248 valence electrons. The molecule has 2 aromatic heterocycles. The third-order valence-corrected chi connectivity index (χ3v) is 19.1. The van der Waals surface area contributed by atoms with Gasteiger partial charge in [0.15, 0.2) is 8.07 Å². The van der Waals surface area contributed by atoms with Gasteiger partial charge in [-0.3, -0.25) is 0 Å². The summed E-state index contributed by atoms with van der Waals surface area (Å²) < 4.78 is 5.42. The minimum atomic E-state index is -2.74. The number of thiophene rings is 2. The van der Waals surface area contributed by atoms with Crippen molar-refractivity contribution < 1.29 is 0 Å². The first-order valence-corrected chi connectivity index (χ1v) is 21.8. The summed E-state index contributed by atoms with van der Waals surface area (Å²) in [7, 11) is -2.74. The van der Waals surface area contributed by atoms with Gasteiger partial charge < -0.3 is 0 Å². The van der Waals surface area contributed by atoms with Gasteiger partial charge in [-0.15, -0.1) is 22.7 Å². The fourth-order valence-electron chi connectivity index (χ4n) is 8.84. The minimum Gasteiger partial charge on any atom is -0.135 e. The molecule has 0 N–H and O–H groups in total. The molecule has 0 saturated carbocycles. The van der Waals surface area contributed by atoms with E-state index in [-0.39, 0.29) is 5.54 Å². The van der Waals surface area contributed by atoms with Crippen molar-refractivity contribution in [1.29, 1.82) is 0 Å². The monoisotopic (exact) mass is 716 g/mol. The van der Waals surface area contributed by atoms with E-state index in [9.17, 15) is 0 Å². The normalized spacial score (nSPS) is 16.2. The highest BCUT2D eigenvalue weighted by atomic mass is 32.1. The molecule has 0 nitrogen and oxygen atoms in total. The van der Waals surface area contributed by atoms with Crippen LogP contribution >= 0.6 is 22.7 Å². The zero-order valence-electron chi connectivity index (χ0n) is 28.9. The summed E-state index contributed by atoms with van der Waals surface area (Å²) >= 11 is 3.83. The van der Waals surface area contributed by atoms with Crippen LogP contribution in [0.3, 0.4) is 0 Å². The van der Waals surface area contributed by atoms with Gasteiger partial charge in [-0.2, -0.15) is 0 Å². The van der Waals surface area contributed by atoms with E-state index in [4.69, 9.17) is 0 Å². The predicted molar refractivity (Wildman–Crippen MR) is 232 cm³/mol. The van der Waals surface area contributed by atoms with Crippen LogP contribution in [0.25, 0.3) is 57.0 Å². The van der Waals surface area contributed by atoms with Crippen LogP contribution in [0.4, 0.5) is 0 Å². The highest BCUT2D eigenvalue weighted by Gasteiger charge is 2.48. The Morgan fingerprint density at radius 3 is 1.60 bits per heavy atom. The first-order chi connectivity index (χ1) is 25.7. The van der Waals surface area contributed by atoms with Gasteiger partial charge in [-0.1, -0.05) is 183 Å². The quantitative estimate of drug-likeness (QED) is 0.119. The van der Waals surface area contributed by atoms with E-state index in [1.165, 1.54) is 78.2 Å². The van der Waals surface area contributed by atoms with E-state index in [1.807, 2.05) is 22.7 Å². The van der Waals surface area contributed by atoms with Crippen molar-refractivity contribution >= 4 is 92.2 Å². The van der Waals surface area contributed by atoms with Crippen LogP contribution < -0.4 is 15.6 Å². The molecule has 3 heteroatoms. The number of benzene rings is 7. The van der Waals surface area contributed by atoms with Crippen LogP contribution in [0.5, 0.6) is 0 Å². The molecule has 0 bridgehead atoms. The van der Waals surface area contributed by atoms with Crippen LogP contribution in [0.1, 0.15) is 12.5 Å². The Morgan fingerprint density at radius 2 is 0.962 bits per heavy atom. The molecule has 1 aliphatic carbocycles. The standard InChI is InChI=1S/C49H36S2Si/c1-33-29-30-35(40-24-14-26-44-42-22-9-11-28-46(42)51-49(40)44)32-47(33)52(36-16-4-2-5-17-36,37-18-6-3-7-19-37)38-20-12-15-34(31-38)39-23-13-25-43-41-21-8-10-27-45(41)50-48(39)43/h2-33,47H,1H3. The Bertz CT molecular complexity index is 2780. The summed E-state index contributed by atoms with van der Waals surface area (Å²) in [5, 5.41) is 9.71. The van der Waals surface area contributed by atoms with Gasteiger partial charge in [0.1, 0.15) is 0 Å². The molecule has 0 fully saturated rings. The van der Waals surface area contributed by atoms with Crippen molar-refractivity contribution in [3.63, 3.8) is 0 Å². The van der Waals surface area contributed by atoms with E-state index < -0.39 is 8.07 Å². The molecule has 2 unspecified atom stereocenters. The van der Waals surface area contributed by atoms with E-state index in [2.05, 4.69) is 195 Å². The maximum absolute atomic E-state index is 2.74. The molecule has 0 amide bonds. The van der Waals surface area contributed by atoms with Crippen molar-refractivity contribution in [2.75, 3.05) is 0 Å². The van der Waals surface area contributed by atoms with Gasteiger partial charge in [0, 0.05) is 40.3 Å². The van der Waals surface area contributed by atoms with E-state index in [0.717, 1.165) is 0 Å². The Balaban J connectivity index is 1.23. The molecule has 0 saturated heterocycles. The predicted octanol–water partition coefficient (Wildman–Crippen LogP) is 12.2. The molecule has 2 atom stereocenters. The minimum absolute atomic E-state index is 0.275.